The number of rotatable bonds is 5. The molecule has 1 aliphatic rings. The van der Waals surface area contributed by atoms with Crippen molar-refractivity contribution in [3.8, 4) is 0 Å². The van der Waals surface area contributed by atoms with E-state index in [0.29, 0.717) is 25.8 Å². The van der Waals surface area contributed by atoms with Gasteiger partial charge >= 0.3 is 0 Å². The standard InChI is InChI=1S/C12H24N2O3S.ClH/c1-4-12(5-2,9-13)11(15)14(3)10-6-7-18(16,17)8-10;/h10H,4-9,13H2,1-3H3;1H. The molecule has 0 aromatic carbocycles. The molecule has 1 rings (SSSR count). The Morgan fingerprint density at radius 1 is 1.37 bits per heavy atom. The summed E-state index contributed by atoms with van der Waals surface area (Å²) in [7, 11) is -1.27. The van der Waals surface area contributed by atoms with Gasteiger partial charge in [0.05, 0.1) is 16.9 Å². The molecule has 0 saturated carbocycles. The van der Waals surface area contributed by atoms with E-state index in [1.807, 2.05) is 13.8 Å². The maximum absolute atomic E-state index is 12.5. The summed E-state index contributed by atoms with van der Waals surface area (Å²) in [6, 6.07) is -0.188. The fraction of sp³-hybridized carbons (Fsp3) is 0.917. The first-order valence-corrected chi connectivity index (χ1v) is 8.31. The highest BCUT2D eigenvalue weighted by Gasteiger charge is 2.40. The Morgan fingerprint density at radius 3 is 2.21 bits per heavy atom. The van der Waals surface area contributed by atoms with Gasteiger partial charge in [-0.05, 0) is 19.3 Å². The number of carbonyl (C=O) groups excluding carboxylic acids is 1. The van der Waals surface area contributed by atoms with E-state index in [1.165, 1.54) is 0 Å². The zero-order valence-corrected chi connectivity index (χ0v) is 13.5. The molecule has 1 heterocycles. The minimum Gasteiger partial charge on any atom is -0.341 e. The van der Waals surface area contributed by atoms with Crippen LogP contribution >= 0.6 is 12.4 Å². The fourth-order valence-electron chi connectivity index (χ4n) is 2.55. The number of nitrogens with zero attached hydrogens (tertiary/aromatic N) is 1. The highest BCUT2D eigenvalue weighted by atomic mass is 35.5. The predicted octanol–water partition coefficient (Wildman–Crippen LogP) is 0.819. The van der Waals surface area contributed by atoms with Crippen molar-refractivity contribution in [2.75, 3.05) is 25.1 Å². The molecule has 0 aliphatic carbocycles. The lowest BCUT2D eigenvalue weighted by Crippen LogP contribution is -2.50. The van der Waals surface area contributed by atoms with Gasteiger partial charge in [0.2, 0.25) is 5.91 Å². The van der Waals surface area contributed by atoms with Crippen molar-refractivity contribution in [3.63, 3.8) is 0 Å². The van der Waals surface area contributed by atoms with Crippen LogP contribution in [-0.2, 0) is 14.6 Å². The first-order chi connectivity index (χ1) is 8.32. The third-order valence-corrected chi connectivity index (χ3v) is 6.02. The van der Waals surface area contributed by atoms with Crippen molar-refractivity contribution in [1.82, 2.24) is 4.90 Å². The van der Waals surface area contributed by atoms with Gasteiger partial charge in [-0.25, -0.2) is 8.42 Å². The third-order valence-electron chi connectivity index (χ3n) is 4.27. The molecule has 1 atom stereocenters. The van der Waals surface area contributed by atoms with Crippen molar-refractivity contribution in [1.29, 1.82) is 0 Å². The smallest absolute Gasteiger partial charge is 0.230 e. The van der Waals surface area contributed by atoms with Gasteiger partial charge in [0.1, 0.15) is 0 Å². The molecule has 1 saturated heterocycles. The van der Waals surface area contributed by atoms with Crippen LogP contribution in [0.1, 0.15) is 33.1 Å². The molecule has 19 heavy (non-hydrogen) atoms. The lowest BCUT2D eigenvalue weighted by Gasteiger charge is -2.35. The number of hydrogen-bond donors (Lipinski definition) is 1. The van der Waals surface area contributed by atoms with E-state index >= 15 is 0 Å². The van der Waals surface area contributed by atoms with Crippen molar-refractivity contribution in [3.05, 3.63) is 0 Å². The Hall–Kier alpha value is -0.330. The van der Waals surface area contributed by atoms with Crippen LogP contribution in [0.25, 0.3) is 0 Å². The summed E-state index contributed by atoms with van der Waals surface area (Å²) in [6.45, 7) is 4.21. The molecule has 0 aromatic rings. The summed E-state index contributed by atoms with van der Waals surface area (Å²) in [6.07, 6.45) is 1.91. The summed E-state index contributed by atoms with van der Waals surface area (Å²) in [5, 5.41) is 0. The molecule has 1 aliphatic heterocycles. The maximum atomic E-state index is 12.5. The van der Waals surface area contributed by atoms with E-state index in [4.69, 9.17) is 5.73 Å². The minimum atomic E-state index is -2.96. The average Bonchev–Trinajstić information content (AvgIpc) is 2.71. The summed E-state index contributed by atoms with van der Waals surface area (Å²) in [5.41, 5.74) is 5.21. The van der Waals surface area contributed by atoms with Crippen LogP contribution in [0.15, 0.2) is 0 Å². The summed E-state index contributed by atoms with van der Waals surface area (Å²) in [4.78, 5) is 14.1. The second-order valence-corrected chi connectivity index (χ2v) is 7.39. The molecule has 0 aromatic heterocycles. The summed E-state index contributed by atoms with van der Waals surface area (Å²) < 4.78 is 22.9. The van der Waals surface area contributed by atoms with Gasteiger partial charge in [-0.2, -0.15) is 0 Å². The van der Waals surface area contributed by atoms with Crippen LogP contribution < -0.4 is 5.73 Å². The molecule has 1 unspecified atom stereocenters. The van der Waals surface area contributed by atoms with Crippen LogP contribution in [0.5, 0.6) is 0 Å². The molecular formula is C12H25ClN2O3S. The van der Waals surface area contributed by atoms with Gasteiger partial charge in [-0.3, -0.25) is 4.79 Å². The SMILES string of the molecule is CCC(CC)(CN)C(=O)N(C)C1CCS(=O)(=O)C1.Cl. The maximum Gasteiger partial charge on any atom is 0.230 e. The first-order valence-electron chi connectivity index (χ1n) is 6.49. The minimum absolute atomic E-state index is 0. The quantitative estimate of drug-likeness (QED) is 0.815. The molecule has 0 bridgehead atoms. The van der Waals surface area contributed by atoms with E-state index in [0.717, 1.165) is 0 Å². The Kier molecular flexibility index (Phi) is 6.78. The molecular weight excluding hydrogens is 288 g/mol. The fourth-order valence-corrected chi connectivity index (χ4v) is 4.32. The second-order valence-electron chi connectivity index (χ2n) is 5.16. The lowest BCUT2D eigenvalue weighted by molar-refractivity contribution is -0.142. The molecule has 7 heteroatoms. The topological polar surface area (TPSA) is 80.5 Å². The number of carbonyl (C=O) groups is 1. The lowest BCUT2D eigenvalue weighted by atomic mass is 9.80. The van der Waals surface area contributed by atoms with Crippen molar-refractivity contribution >= 4 is 28.2 Å². The van der Waals surface area contributed by atoms with Crippen LogP contribution in [-0.4, -0.2) is 50.4 Å². The number of nitrogens with two attached hydrogens (primary N) is 1. The normalized spacial score (nSPS) is 21.8. The van der Waals surface area contributed by atoms with E-state index in [2.05, 4.69) is 0 Å². The number of amides is 1. The van der Waals surface area contributed by atoms with Crippen LogP contribution in [0.2, 0.25) is 0 Å². The first kappa shape index (κ1) is 18.7. The van der Waals surface area contributed by atoms with Crippen molar-refractivity contribution < 1.29 is 13.2 Å². The largest absolute Gasteiger partial charge is 0.341 e. The van der Waals surface area contributed by atoms with E-state index in [-0.39, 0.29) is 35.9 Å². The van der Waals surface area contributed by atoms with Gasteiger partial charge in [-0.1, -0.05) is 13.8 Å². The van der Waals surface area contributed by atoms with Crippen molar-refractivity contribution in [2.24, 2.45) is 11.1 Å². The molecule has 1 fully saturated rings. The van der Waals surface area contributed by atoms with E-state index in [1.54, 1.807) is 11.9 Å². The molecule has 1 amide bonds. The molecule has 0 radical (unpaired) electrons. The monoisotopic (exact) mass is 312 g/mol. The Balaban J connectivity index is 0.00000324. The van der Waals surface area contributed by atoms with Gasteiger partial charge < -0.3 is 10.6 Å². The number of hydrogen-bond acceptors (Lipinski definition) is 4. The van der Waals surface area contributed by atoms with Crippen LogP contribution in [0.3, 0.4) is 0 Å². The Bertz CT molecular complexity index is 399. The Morgan fingerprint density at radius 2 is 1.89 bits per heavy atom. The predicted molar refractivity (Wildman–Crippen MR) is 79.1 cm³/mol. The zero-order chi connectivity index (χ0) is 14.0. The number of sulfone groups is 1. The average molecular weight is 313 g/mol. The summed E-state index contributed by atoms with van der Waals surface area (Å²) in [5.74, 6) is 0.254. The highest BCUT2D eigenvalue weighted by Crippen LogP contribution is 2.29. The zero-order valence-electron chi connectivity index (χ0n) is 11.9. The molecule has 2 N–H and O–H groups in total. The Labute approximate surface area is 122 Å². The third kappa shape index (κ3) is 3.83. The molecule has 0 spiro atoms. The second kappa shape index (κ2) is 6.90. The van der Waals surface area contributed by atoms with Crippen LogP contribution in [0.4, 0.5) is 0 Å². The van der Waals surface area contributed by atoms with Gasteiger partial charge in [0.15, 0.2) is 9.84 Å². The highest BCUT2D eigenvalue weighted by molar-refractivity contribution is 7.91. The van der Waals surface area contributed by atoms with E-state index < -0.39 is 15.3 Å². The van der Waals surface area contributed by atoms with Gasteiger partial charge in [0.25, 0.3) is 0 Å². The molecule has 114 valence electrons. The van der Waals surface area contributed by atoms with Crippen LogP contribution in [0, 0.1) is 5.41 Å². The van der Waals surface area contributed by atoms with E-state index in [9.17, 15) is 13.2 Å². The molecule has 5 nitrogen and oxygen atoms in total. The van der Waals surface area contributed by atoms with Gasteiger partial charge in [-0.15, -0.1) is 12.4 Å². The number of halogens is 1. The summed E-state index contributed by atoms with van der Waals surface area (Å²) >= 11 is 0. The van der Waals surface area contributed by atoms with Gasteiger partial charge in [0, 0.05) is 19.6 Å². The van der Waals surface area contributed by atoms with Crippen molar-refractivity contribution in [2.45, 2.75) is 39.2 Å².